The van der Waals surface area contributed by atoms with Crippen molar-refractivity contribution < 1.29 is 21.6 Å². The summed E-state index contributed by atoms with van der Waals surface area (Å²) in [5.41, 5.74) is 5.34. The van der Waals surface area contributed by atoms with Gasteiger partial charge >= 0.3 is 0 Å². The molecule has 0 aliphatic rings. The molecule has 0 amide bonds. The Morgan fingerprint density at radius 3 is 2.24 bits per heavy atom. The molecular formula is C8H20N2O5S2. The lowest BCUT2D eigenvalue weighted by molar-refractivity contribution is 0.172. The van der Waals surface area contributed by atoms with E-state index in [1.54, 1.807) is 0 Å². The summed E-state index contributed by atoms with van der Waals surface area (Å²) >= 11 is 0. The van der Waals surface area contributed by atoms with Crippen LogP contribution < -0.4 is 10.5 Å². The first-order chi connectivity index (χ1) is 7.70. The number of hydrogen-bond donors (Lipinski definition) is 2. The SMILES string of the molecule is COCC(CCN)NS(=O)(=O)CCS(C)(=O)=O. The second kappa shape index (κ2) is 7.27. The van der Waals surface area contributed by atoms with Gasteiger partial charge in [0, 0.05) is 19.4 Å². The zero-order valence-electron chi connectivity index (χ0n) is 10.0. The van der Waals surface area contributed by atoms with Crippen LogP contribution in [0.4, 0.5) is 0 Å². The minimum atomic E-state index is -3.62. The average molecular weight is 288 g/mol. The summed E-state index contributed by atoms with van der Waals surface area (Å²) in [7, 11) is -5.46. The third-order valence-corrected chi connectivity index (χ3v) is 4.59. The van der Waals surface area contributed by atoms with Gasteiger partial charge in [0.2, 0.25) is 10.0 Å². The zero-order valence-corrected chi connectivity index (χ0v) is 11.7. The van der Waals surface area contributed by atoms with Crippen molar-refractivity contribution in [2.45, 2.75) is 12.5 Å². The fourth-order valence-corrected chi connectivity index (χ4v) is 4.05. The molecule has 0 bridgehead atoms. The molecule has 104 valence electrons. The number of hydrogen-bond acceptors (Lipinski definition) is 6. The Morgan fingerprint density at radius 1 is 1.24 bits per heavy atom. The van der Waals surface area contributed by atoms with Crippen molar-refractivity contribution in [2.75, 3.05) is 38.0 Å². The molecule has 7 nitrogen and oxygen atoms in total. The van der Waals surface area contributed by atoms with Crippen molar-refractivity contribution >= 4 is 19.9 Å². The second-order valence-electron chi connectivity index (χ2n) is 3.80. The fourth-order valence-electron chi connectivity index (χ4n) is 1.15. The van der Waals surface area contributed by atoms with E-state index < -0.39 is 37.4 Å². The summed E-state index contributed by atoms with van der Waals surface area (Å²) in [5, 5.41) is 0. The lowest BCUT2D eigenvalue weighted by Crippen LogP contribution is -2.41. The number of methoxy groups -OCH3 is 1. The quantitative estimate of drug-likeness (QED) is 0.523. The maximum absolute atomic E-state index is 11.6. The summed E-state index contributed by atoms with van der Waals surface area (Å²) in [6.45, 7) is 0.526. The van der Waals surface area contributed by atoms with Crippen LogP contribution in [0.1, 0.15) is 6.42 Å². The largest absolute Gasteiger partial charge is 0.383 e. The number of ether oxygens (including phenoxy) is 1. The number of rotatable bonds is 9. The Labute approximate surface area is 103 Å². The van der Waals surface area contributed by atoms with E-state index in [9.17, 15) is 16.8 Å². The van der Waals surface area contributed by atoms with Crippen molar-refractivity contribution in [3.63, 3.8) is 0 Å². The van der Waals surface area contributed by atoms with Gasteiger partial charge in [0.1, 0.15) is 9.84 Å². The standard InChI is InChI=1S/C8H20N2O5S2/c1-15-7-8(3-4-9)10-17(13,14)6-5-16(2,11)12/h8,10H,3-7,9H2,1-2H3. The normalized spacial score (nSPS) is 14.8. The molecule has 9 heteroatoms. The highest BCUT2D eigenvalue weighted by atomic mass is 32.2. The maximum atomic E-state index is 11.6. The van der Waals surface area contributed by atoms with Crippen molar-refractivity contribution in [1.82, 2.24) is 4.72 Å². The highest BCUT2D eigenvalue weighted by molar-refractivity contribution is 7.93. The highest BCUT2D eigenvalue weighted by Gasteiger charge is 2.19. The summed E-state index contributed by atoms with van der Waals surface area (Å²) in [5.74, 6) is -0.846. The molecule has 1 unspecified atom stereocenters. The predicted octanol–water partition coefficient (Wildman–Crippen LogP) is -1.69. The monoisotopic (exact) mass is 288 g/mol. The molecule has 3 N–H and O–H groups in total. The summed E-state index contributed by atoms with van der Waals surface area (Å²) < 4.78 is 52.1. The van der Waals surface area contributed by atoms with Gasteiger partial charge in [-0.15, -0.1) is 0 Å². The van der Waals surface area contributed by atoms with Gasteiger partial charge in [0.25, 0.3) is 0 Å². The summed E-state index contributed by atoms with van der Waals surface area (Å²) in [6, 6.07) is -0.422. The van der Waals surface area contributed by atoms with E-state index in [4.69, 9.17) is 10.5 Å². The first-order valence-corrected chi connectivity index (χ1v) is 8.78. The topological polar surface area (TPSA) is 116 Å². The molecule has 0 saturated heterocycles. The Hall–Kier alpha value is -0.220. The third kappa shape index (κ3) is 9.48. The minimum Gasteiger partial charge on any atom is -0.383 e. The molecule has 0 saturated carbocycles. The molecule has 0 aliphatic carbocycles. The molecule has 0 heterocycles. The summed E-state index contributed by atoms with van der Waals surface area (Å²) in [6.07, 6.45) is 1.43. The Kier molecular flexibility index (Phi) is 7.17. The molecule has 0 aliphatic heterocycles. The molecule has 1 atom stereocenters. The molecule has 0 aromatic carbocycles. The lowest BCUT2D eigenvalue weighted by Gasteiger charge is -2.16. The number of nitrogens with two attached hydrogens (primary N) is 1. The van der Waals surface area contributed by atoms with E-state index in [1.807, 2.05) is 0 Å². The van der Waals surface area contributed by atoms with Gasteiger partial charge in [-0.2, -0.15) is 0 Å². The molecule has 0 aromatic rings. The second-order valence-corrected chi connectivity index (χ2v) is 7.93. The van der Waals surface area contributed by atoms with Gasteiger partial charge in [0.05, 0.1) is 18.1 Å². The third-order valence-electron chi connectivity index (χ3n) is 1.95. The van der Waals surface area contributed by atoms with Crippen LogP contribution in [-0.2, 0) is 24.6 Å². The van der Waals surface area contributed by atoms with Crippen LogP contribution >= 0.6 is 0 Å². The minimum absolute atomic E-state index is 0.204. The highest BCUT2D eigenvalue weighted by Crippen LogP contribution is 1.97. The van der Waals surface area contributed by atoms with Crippen LogP contribution in [0.5, 0.6) is 0 Å². The van der Waals surface area contributed by atoms with E-state index in [0.29, 0.717) is 13.0 Å². The van der Waals surface area contributed by atoms with Crippen LogP contribution in [0.3, 0.4) is 0 Å². The van der Waals surface area contributed by atoms with E-state index in [-0.39, 0.29) is 6.61 Å². The lowest BCUT2D eigenvalue weighted by atomic mass is 10.2. The van der Waals surface area contributed by atoms with Gasteiger partial charge in [-0.3, -0.25) is 0 Å². The maximum Gasteiger partial charge on any atom is 0.212 e. The van der Waals surface area contributed by atoms with E-state index in [1.165, 1.54) is 7.11 Å². The molecule has 0 fully saturated rings. The first kappa shape index (κ1) is 16.8. The van der Waals surface area contributed by atoms with Crippen LogP contribution in [0, 0.1) is 0 Å². The first-order valence-electron chi connectivity index (χ1n) is 5.07. The molecule has 17 heavy (non-hydrogen) atoms. The Bertz CT molecular complexity index is 398. The van der Waals surface area contributed by atoms with Crippen LogP contribution in [0.25, 0.3) is 0 Å². The number of sulfonamides is 1. The fraction of sp³-hybridized carbons (Fsp3) is 1.00. The average Bonchev–Trinajstić information content (AvgIpc) is 2.14. The zero-order chi connectivity index (χ0) is 13.5. The van der Waals surface area contributed by atoms with Gasteiger partial charge in [-0.25, -0.2) is 21.6 Å². The van der Waals surface area contributed by atoms with Crippen LogP contribution in [0.15, 0.2) is 0 Å². The molecule has 0 rings (SSSR count). The van der Waals surface area contributed by atoms with Crippen molar-refractivity contribution in [1.29, 1.82) is 0 Å². The van der Waals surface area contributed by atoms with Crippen LogP contribution in [0.2, 0.25) is 0 Å². The van der Waals surface area contributed by atoms with E-state index >= 15 is 0 Å². The van der Waals surface area contributed by atoms with Crippen molar-refractivity contribution in [2.24, 2.45) is 5.73 Å². The van der Waals surface area contributed by atoms with Gasteiger partial charge in [-0.05, 0) is 13.0 Å². The number of nitrogens with one attached hydrogen (secondary N) is 1. The van der Waals surface area contributed by atoms with Crippen LogP contribution in [-0.4, -0.2) is 60.9 Å². The smallest absolute Gasteiger partial charge is 0.212 e. The Balaban J connectivity index is 4.40. The summed E-state index contributed by atoms with van der Waals surface area (Å²) in [4.78, 5) is 0. The van der Waals surface area contributed by atoms with Crippen molar-refractivity contribution in [3.8, 4) is 0 Å². The van der Waals surface area contributed by atoms with E-state index in [2.05, 4.69) is 4.72 Å². The van der Waals surface area contributed by atoms with Gasteiger partial charge in [-0.1, -0.05) is 0 Å². The number of sulfone groups is 1. The van der Waals surface area contributed by atoms with Crippen molar-refractivity contribution in [3.05, 3.63) is 0 Å². The Morgan fingerprint density at radius 2 is 1.82 bits per heavy atom. The molecule has 0 radical (unpaired) electrons. The molecule has 0 aromatic heterocycles. The van der Waals surface area contributed by atoms with E-state index in [0.717, 1.165) is 6.26 Å². The van der Waals surface area contributed by atoms with Gasteiger partial charge < -0.3 is 10.5 Å². The molecular weight excluding hydrogens is 268 g/mol. The predicted molar refractivity (Wildman–Crippen MR) is 66.0 cm³/mol. The molecule has 0 spiro atoms. The van der Waals surface area contributed by atoms with Gasteiger partial charge in [0.15, 0.2) is 0 Å².